The summed E-state index contributed by atoms with van der Waals surface area (Å²) in [7, 11) is -4.72. The van der Waals surface area contributed by atoms with E-state index in [-0.39, 0.29) is 9.79 Å². The average Bonchev–Trinajstić information content (AvgIpc) is 3.16. The second-order valence-corrected chi connectivity index (χ2v) is 10.7. The molecule has 3 aromatic rings. The Labute approximate surface area is 173 Å². The summed E-state index contributed by atoms with van der Waals surface area (Å²) in [6.45, 7) is 0. The fourth-order valence-corrected chi connectivity index (χ4v) is 4.90. The molecule has 0 aliphatic heterocycles. The van der Waals surface area contributed by atoms with Crippen molar-refractivity contribution in [2.45, 2.75) is 14.9 Å². The van der Waals surface area contributed by atoms with E-state index < -0.39 is 20.0 Å². The summed E-state index contributed by atoms with van der Waals surface area (Å²) in [5.41, 5.74) is 1.06. The van der Waals surface area contributed by atoms with Gasteiger partial charge in [0.1, 0.15) is 6.33 Å². The maximum atomic E-state index is 12.7. The molecule has 0 aliphatic rings. The zero-order valence-electron chi connectivity index (χ0n) is 15.8. The van der Waals surface area contributed by atoms with Crippen molar-refractivity contribution in [2.24, 2.45) is 0 Å². The van der Waals surface area contributed by atoms with Crippen LogP contribution in [-0.4, -0.2) is 56.3 Å². The molecule has 1 aromatic heterocycles. The first-order valence-electron chi connectivity index (χ1n) is 8.25. The second-order valence-electron chi connectivity index (χ2n) is 6.10. The Balaban J connectivity index is 1.88. The van der Waals surface area contributed by atoms with Crippen LogP contribution in [-0.2, 0) is 20.0 Å². The lowest BCUT2D eigenvalue weighted by Gasteiger charge is -2.13. The minimum absolute atomic E-state index is 0.0145. The Morgan fingerprint density at radius 2 is 1.66 bits per heavy atom. The van der Waals surface area contributed by atoms with Gasteiger partial charge in [-0.1, -0.05) is 17.8 Å². The highest BCUT2D eigenvalue weighted by atomic mass is 32.2. The van der Waals surface area contributed by atoms with Crippen molar-refractivity contribution >= 4 is 37.5 Å². The number of rotatable bonds is 7. The molecule has 2 aromatic carbocycles. The predicted octanol–water partition coefficient (Wildman–Crippen LogP) is 2.04. The van der Waals surface area contributed by atoms with Gasteiger partial charge in [-0.05, 0) is 48.7 Å². The maximum Gasteiger partial charge on any atom is 0.261 e. The molecule has 3 rings (SSSR count). The van der Waals surface area contributed by atoms with Gasteiger partial charge in [0.25, 0.3) is 10.0 Å². The molecule has 1 heterocycles. The van der Waals surface area contributed by atoms with Crippen LogP contribution < -0.4 is 4.72 Å². The van der Waals surface area contributed by atoms with Crippen LogP contribution in [0.4, 0.5) is 5.69 Å². The Morgan fingerprint density at radius 1 is 1.00 bits per heavy atom. The largest absolute Gasteiger partial charge is 0.280 e. The molecular weight excluding hydrogens is 434 g/mol. The molecule has 0 spiro atoms. The quantitative estimate of drug-likeness (QED) is 0.545. The van der Waals surface area contributed by atoms with Gasteiger partial charge in [0.05, 0.1) is 21.2 Å². The lowest BCUT2D eigenvalue weighted by molar-refractivity contribution is 0.520. The first kappa shape index (κ1) is 21.3. The number of nitrogens with one attached hydrogen (secondary N) is 1. The fraction of sp³-hybridized carbons (Fsp3) is 0.176. The molecule has 1 N–H and O–H groups in total. The second kappa shape index (κ2) is 8.14. The highest BCUT2D eigenvalue weighted by Gasteiger charge is 2.20. The van der Waals surface area contributed by atoms with Gasteiger partial charge in [0.15, 0.2) is 5.16 Å². The van der Waals surface area contributed by atoms with E-state index in [1.54, 1.807) is 29.1 Å². The maximum absolute atomic E-state index is 12.7. The number of thioether (sulfide) groups is 1. The monoisotopic (exact) mass is 453 g/mol. The van der Waals surface area contributed by atoms with E-state index in [4.69, 9.17) is 0 Å². The molecule has 0 atom stereocenters. The van der Waals surface area contributed by atoms with Crippen molar-refractivity contribution in [1.82, 2.24) is 19.1 Å². The Morgan fingerprint density at radius 3 is 2.28 bits per heavy atom. The van der Waals surface area contributed by atoms with E-state index in [1.165, 1.54) is 50.1 Å². The summed E-state index contributed by atoms with van der Waals surface area (Å²) >= 11 is 1.42. The third-order valence-corrected chi connectivity index (χ3v) is 7.86. The first-order valence-corrected chi connectivity index (χ1v) is 12.4. The molecular formula is C17H19N5O4S3. The van der Waals surface area contributed by atoms with Crippen molar-refractivity contribution in [3.05, 3.63) is 54.9 Å². The van der Waals surface area contributed by atoms with Gasteiger partial charge in [0.2, 0.25) is 10.0 Å². The van der Waals surface area contributed by atoms with Gasteiger partial charge in [0, 0.05) is 14.1 Å². The minimum atomic E-state index is -3.90. The van der Waals surface area contributed by atoms with E-state index in [2.05, 4.69) is 14.9 Å². The SMILES string of the molecule is CSc1nncn1-c1cccc(NS(=O)(=O)c2ccc(S(=O)(=O)N(C)C)cc2)c1. The van der Waals surface area contributed by atoms with Crippen LogP contribution in [0.5, 0.6) is 0 Å². The van der Waals surface area contributed by atoms with Crippen LogP contribution in [0, 0.1) is 0 Å². The van der Waals surface area contributed by atoms with Gasteiger partial charge in [-0.15, -0.1) is 10.2 Å². The van der Waals surface area contributed by atoms with E-state index in [9.17, 15) is 16.8 Å². The number of sulfonamides is 2. The highest BCUT2D eigenvalue weighted by molar-refractivity contribution is 7.98. The summed E-state index contributed by atoms with van der Waals surface area (Å²) in [4.78, 5) is -0.0321. The van der Waals surface area contributed by atoms with Crippen molar-refractivity contribution in [2.75, 3.05) is 25.1 Å². The predicted molar refractivity (Wildman–Crippen MR) is 111 cm³/mol. The van der Waals surface area contributed by atoms with Gasteiger partial charge in [-0.2, -0.15) is 0 Å². The number of hydrogen-bond donors (Lipinski definition) is 1. The Hall–Kier alpha value is -2.41. The van der Waals surface area contributed by atoms with Crippen LogP contribution >= 0.6 is 11.8 Å². The van der Waals surface area contributed by atoms with Crippen LogP contribution in [0.1, 0.15) is 0 Å². The van der Waals surface area contributed by atoms with Gasteiger partial charge in [-0.25, -0.2) is 21.1 Å². The molecule has 9 nitrogen and oxygen atoms in total. The zero-order chi connectivity index (χ0) is 21.2. The lowest BCUT2D eigenvalue weighted by Crippen LogP contribution is -2.22. The third kappa shape index (κ3) is 4.45. The molecule has 154 valence electrons. The topological polar surface area (TPSA) is 114 Å². The number of aromatic nitrogens is 3. The fourth-order valence-electron chi connectivity index (χ4n) is 2.48. The first-order chi connectivity index (χ1) is 13.6. The number of anilines is 1. The number of hydrogen-bond acceptors (Lipinski definition) is 7. The van der Waals surface area contributed by atoms with Crippen molar-refractivity contribution < 1.29 is 16.8 Å². The standard InChI is InChI=1S/C17H19N5O4S3/c1-21(2)29(25,26)16-9-7-15(8-10-16)28(23,24)20-13-5-4-6-14(11-13)22-12-18-19-17(22)27-3/h4-12,20H,1-3H3. The molecule has 0 aliphatic carbocycles. The molecule has 0 radical (unpaired) electrons. The van der Waals surface area contributed by atoms with E-state index in [0.29, 0.717) is 16.5 Å². The Kier molecular flexibility index (Phi) is 5.98. The van der Waals surface area contributed by atoms with Gasteiger partial charge < -0.3 is 0 Å². The number of nitrogens with zero attached hydrogens (tertiary/aromatic N) is 4. The van der Waals surface area contributed by atoms with Crippen LogP contribution in [0.2, 0.25) is 0 Å². The average molecular weight is 454 g/mol. The van der Waals surface area contributed by atoms with E-state index in [1.807, 2.05) is 12.3 Å². The molecule has 0 saturated heterocycles. The summed E-state index contributed by atoms with van der Waals surface area (Å²) in [6.07, 6.45) is 3.41. The summed E-state index contributed by atoms with van der Waals surface area (Å²) in [5.74, 6) is 0. The molecule has 0 fully saturated rings. The van der Waals surface area contributed by atoms with E-state index >= 15 is 0 Å². The van der Waals surface area contributed by atoms with Crippen LogP contribution in [0.3, 0.4) is 0 Å². The third-order valence-electron chi connectivity index (χ3n) is 3.99. The molecule has 0 amide bonds. The van der Waals surface area contributed by atoms with Crippen molar-refractivity contribution in [3.8, 4) is 5.69 Å². The lowest BCUT2D eigenvalue weighted by atomic mass is 10.3. The number of benzene rings is 2. The summed E-state index contributed by atoms with van der Waals surface area (Å²) in [5, 5.41) is 8.52. The van der Waals surface area contributed by atoms with Crippen molar-refractivity contribution in [3.63, 3.8) is 0 Å². The van der Waals surface area contributed by atoms with Crippen molar-refractivity contribution in [1.29, 1.82) is 0 Å². The molecule has 0 saturated carbocycles. The van der Waals surface area contributed by atoms with Gasteiger partial charge in [-0.3, -0.25) is 9.29 Å². The molecule has 12 heteroatoms. The highest BCUT2D eigenvalue weighted by Crippen LogP contribution is 2.23. The van der Waals surface area contributed by atoms with Crippen LogP contribution in [0.25, 0.3) is 5.69 Å². The molecule has 29 heavy (non-hydrogen) atoms. The van der Waals surface area contributed by atoms with Crippen LogP contribution in [0.15, 0.2) is 69.8 Å². The molecule has 0 bridgehead atoms. The normalized spacial score (nSPS) is 12.3. The summed E-state index contributed by atoms with van der Waals surface area (Å²) in [6, 6.07) is 11.8. The van der Waals surface area contributed by atoms with E-state index in [0.717, 1.165) is 4.31 Å². The summed E-state index contributed by atoms with van der Waals surface area (Å²) < 4.78 is 55.0. The minimum Gasteiger partial charge on any atom is -0.280 e. The smallest absolute Gasteiger partial charge is 0.261 e. The Bertz CT molecular complexity index is 1220. The zero-order valence-corrected chi connectivity index (χ0v) is 18.3. The van der Waals surface area contributed by atoms with Gasteiger partial charge >= 0.3 is 0 Å². The molecule has 0 unspecified atom stereocenters.